The number of hydrogen-bond donors (Lipinski definition) is 1. The first-order valence-corrected chi connectivity index (χ1v) is 9.20. The molecule has 1 aliphatic heterocycles. The fourth-order valence-electron chi connectivity index (χ4n) is 2.97. The molecule has 3 rings (SSSR count). The highest BCUT2D eigenvalue weighted by Crippen LogP contribution is 2.36. The molecule has 0 spiro atoms. The van der Waals surface area contributed by atoms with Crippen LogP contribution < -0.4 is 10.1 Å². The van der Waals surface area contributed by atoms with Gasteiger partial charge in [0.05, 0.1) is 38.6 Å². The number of ether oxygens (including phenoxy) is 3. The summed E-state index contributed by atoms with van der Waals surface area (Å²) in [6.45, 7) is 3.41. The van der Waals surface area contributed by atoms with E-state index < -0.39 is 11.7 Å². The van der Waals surface area contributed by atoms with E-state index in [0.29, 0.717) is 43.2 Å². The molecule has 156 valence electrons. The van der Waals surface area contributed by atoms with Crippen molar-refractivity contribution in [3.05, 3.63) is 48.0 Å². The maximum Gasteiger partial charge on any atom is 0.416 e. The van der Waals surface area contributed by atoms with Crippen LogP contribution in [-0.2, 0) is 20.4 Å². The Bertz CT molecular complexity index is 846. The molecule has 0 aliphatic carbocycles. The summed E-state index contributed by atoms with van der Waals surface area (Å²) in [5.74, 6) is -0.203. The molecule has 0 radical (unpaired) electrons. The van der Waals surface area contributed by atoms with Gasteiger partial charge < -0.3 is 19.5 Å². The molecule has 0 aromatic heterocycles. The number of hydrogen-bond acceptors (Lipinski definition) is 4. The van der Waals surface area contributed by atoms with Crippen molar-refractivity contribution in [3.8, 4) is 16.9 Å². The van der Waals surface area contributed by atoms with Gasteiger partial charge in [0.15, 0.2) is 0 Å². The second-order valence-electron chi connectivity index (χ2n) is 6.83. The Morgan fingerprint density at radius 2 is 1.83 bits per heavy atom. The van der Waals surface area contributed by atoms with Crippen LogP contribution in [-0.4, -0.2) is 38.9 Å². The number of amides is 1. The topological polar surface area (TPSA) is 56.8 Å². The lowest BCUT2D eigenvalue weighted by molar-refractivity contribution is -0.137. The lowest BCUT2D eigenvalue weighted by Crippen LogP contribution is -2.20. The second-order valence-corrected chi connectivity index (χ2v) is 6.83. The van der Waals surface area contributed by atoms with Crippen LogP contribution >= 0.6 is 0 Å². The zero-order valence-corrected chi connectivity index (χ0v) is 15.9. The minimum atomic E-state index is -4.52. The van der Waals surface area contributed by atoms with Crippen molar-refractivity contribution < 1.29 is 32.2 Å². The molecule has 1 amide bonds. The third-order valence-electron chi connectivity index (χ3n) is 4.31. The first-order chi connectivity index (χ1) is 13.8. The first-order valence-electron chi connectivity index (χ1n) is 9.20. The van der Waals surface area contributed by atoms with Gasteiger partial charge in [-0.2, -0.15) is 13.2 Å². The molecule has 0 saturated carbocycles. The fourth-order valence-corrected chi connectivity index (χ4v) is 2.97. The van der Waals surface area contributed by atoms with Gasteiger partial charge in [-0.25, -0.2) is 0 Å². The molecule has 1 N–H and O–H groups in total. The van der Waals surface area contributed by atoms with Gasteiger partial charge in [-0.3, -0.25) is 4.79 Å². The van der Waals surface area contributed by atoms with Crippen LogP contribution in [0.1, 0.15) is 12.5 Å². The molecule has 5 nitrogen and oxygen atoms in total. The molecule has 1 fully saturated rings. The molecule has 1 heterocycles. The maximum atomic E-state index is 13.4. The van der Waals surface area contributed by atoms with Gasteiger partial charge in [-0.15, -0.1) is 0 Å². The number of benzene rings is 2. The largest absolute Gasteiger partial charge is 0.493 e. The maximum absolute atomic E-state index is 13.4. The number of anilines is 1. The van der Waals surface area contributed by atoms with Crippen molar-refractivity contribution in [2.24, 2.45) is 5.92 Å². The van der Waals surface area contributed by atoms with Crippen LogP contribution in [0, 0.1) is 5.92 Å². The van der Waals surface area contributed by atoms with Crippen molar-refractivity contribution >= 4 is 11.6 Å². The number of nitrogens with one attached hydrogen (secondary N) is 1. The molecular formula is C21H22F3NO4. The summed E-state index contributed by atoms with van der Waals surface area (Å²) >= 11 is 0. The van der Waals surface area contributed by atoms with Gasteiger partial charge in [0.2, 0.25) is 5.91 Å². The molecule has 2 aromatic carbocycles. The number of carbonyl (C=O) groups excluding carboxylic acids is 1. The van der Waals surface area contributed by atoms with Crippen LogP contribution in [0.25, 0.3) is 11.1 Å². The highest BCUT2D eigenvalue weighted by Gasteiger charge is 2.31. The first kappa shape index (κ1) is 21.1. The normalized spacial score (nSPS) is 15.6. The number of alkyl halides is 3. The monoisotopic (exact) mass is 409 g/mol. The molecule has 1 saturated heterocycles. The average Bonchev–Trinajstić information content (AvgIpc) is 2.94. The van der Waals surface area contributed by atoms with E-state index in [9.17, 15) is 18.0 Å². The number of halogens is 3. The fraction of sp³-hybridized carbons (Fsp3) is 0.381. The van der Waals surface area contributed by atoms with E-state index in [0.717, 1.165) is 12.1 Å². The van der Waals surface area contributed by atoms with E-state index in [1.165, 1.54) is 6.92 Å². The van der Waals surface area contributed by atoms with Crippen molar-refractivity contribution in [3.63, 3.8) is 0 Å². The standard InChI is InChI=1S/C21H22F3NO4/c1-14(26)25-19-4-2-3-16(8-19)17-7-18(21(22,23)24)10-20(9-17)29-13-15-11-27-5-6-28-12-15/h2-4,7-10,15H,5-6,11-13H2,1H3,(H,25,26). The summed E-state index contributed by atoms with van der Waals surface area (Å²) < 4.78 is 56.7. The zero-order valence-electron chi connectivity index (χ0n) is 15.9. The van der Waals surface area contributed by atoms with E-state index in [1.54, 1.807) is 30.3 Å². The lowest BCUT2D eigenvalue weighted by atomic mass is 10.0. The van der Waals surface area contributed by atoms with Crippen LogP contribution in [0.5, 0.6) is 5.75 Å². The number of rotatable bonds is 5. The molecule has 0 bridgehead atoms. The summed E-state index contributed by atoms with van der Waals surface area (Å²) in [5, 5.41) is 2.63. The highest BCUT2D eigenvalue weighted by molar-refractivity contribution is 5.89. The highest BCUT2D eigenvalue weighted by atomic mass is 19.4. The Balaban J connectivity index is 1.86. The van der Waals surface area contributed by atoms with E-state index in [-0.39, 0.29) is 24.2 Å². The third kappa shape index (κ3) is 6.20. The molecule has 1 aliphatic rings. The predicted octanol–water partition coefficient (Wildman–Crippen LogP) is 4.37. The summed E-state index contributed by atoms with van der Waals surface area (Å²) in [5.41, 5.74) is 0.578. The van der Waals surface area contributed by atoms with E-state index >= 15 is 0 Å². The summed E-state index contributed by atoms with van der Waals surface area (Å²) in [6, 6.07) is 10.2. The van der Waals surface area contributed by atoms with Crippen molar-refractivity contribution in [2.75, 3.05) is 38.4 Å². The minimum Gasteiger partial charge on any atom is -0.493 e. The Morgan fingerprint density at radius 1 is 1.10 bits per heavy atom. The summed E-state index contributed by atoms with van der Waals surface area (Å²) in [4.78, 5) is 11.3. The van der Waals surface area contributed by atoms with Crippen LogP contribution in [0.2, 0.25) is 0 Å². The lowest BCUT2D eigenvalue weighted by Gasteiger charge is -2.17. The van der Waals surface area contributed by atoms with E-state index in [1.807, 2.05) is 0 Å². The average molecular weight is 409 g/mol. The number of carbonyl (C=O) groups is 1. The van der Waals surface area contributed by atoms with Crippen molar-refractivity contribution in [1.29, 1.82) is 0 Å². The van der Waals surface area contributed by atoms with Crippen LogP contribution in [0.15, 0.2) is 42.5 Å². The zero-order chi connectivity index (χ0) is 20.9. The molecule has 8 heteroatoms. The van der Waals surface area contributed by atoms with Gasteiger partial charge in [-0.05, 0) is 41.5 Å². The van der Waals surface area contributed by atoms with Crippen molar-refractivity contribution in [1.82, 2.24) is 0 Å². The predicted molar refractivity (Wildman–Crippen MR) is 102 cm³/mol. The Morgan fingerprint density at radius 3 is 2.48 bits per heavy atom. The van der Waals surface area contributed by atoms with Crippen LogP contribution in [0.4, 0.5) is 18.9 Å². The minimum absolute atomic E-state index is 0.0569. The summed E-state index contributed by atoms with van der Waals surface area (Å²) in [7, 11) is 0. The van der Waals surface area contributed by atoms with Gasteiger partial charge in [0.1, 0.15) is 5.75 Å². The molecule has 2 aromatic rings. The Kier molecular flexibility index (Phi) is 6.76. The molecule has 29 heavy (non-hydrogen) atoms. The summed E-state index contributed by atoms with van der Waals surface area (Å²) in [6.07, 6.45) is -4.52. The molecule has 0 atom stereocenters. The quantitative estimate of drug-likeness (QED) is 0.797. The van der Waals surface area contributed by atoms with Crippen molar-refractivity contribution in [2.45, 2.75) is 13.1 Å². The van der Waals surface area contributed by atoms with E-state index in [2.05, 4.69) is 5.32 Å². The van der Waals surface area contributed by atoms with Gasteiger partial charge in [-0.1, -0.05) is 12.1 Å². The Labute approximate surface area is 166 Å². The van der Waals surface area contributed by atoms with Gasteiger partial charge in [0.25, 0.3) is 0 Å². The Hall–Kier alpha value is -2.58. The second kappa shape index (κ2) is 9.28. The third-order valence-corrected chi connectivity index (χ3v) is 4.31. The molecule has 0 unspecified atom stereocenters. The van der Waals surface area contributed by atoms with E-state index in [4.69, 9.17) is 14.2 Å². The SMILES string of the molecule is CC(=O)Nc1cccc(-c2cc(OCC3COCCOC3)cc(C(F)(F)F)c2)c1. The van der Waals surface area contributed by atoms with Gasteiger partial charge >= 0.3 is 6.18 Å². The molecular weight excluding hydrogens is 387 g/mol. The van der Waals surface area contributed by atoms with Crippen LogP contribution in [0.3, 0.4) is 0 Å². The van der Waals surface area contributed by atoms with Gasteiger partial charge in [0, 0.05) is 18.5 Å². The smallest absolute Gasteiger partial charge is 0.416 e.